The summed E-state index contributed by atoms with van der Waals surface area (Å²) >= 11 is 1.19. The van der Waals surface area contributed by atoms with Crippen molar-refractivity contribution in [3.63, 3.8) is 0 Å². The van der Waals surface area contributed by atoms with E-state index in [1.165, 1.54) is 23.5 Å². The lowest BCUT2D eigenvalue weighted by molar-refractivity contribution is -0.127. The van der Waals surface area contributed by atoms with Crippen LogP contribution in [-0.2, 0) is 16.0 Å². The number of anilines is 1. The lowest BCUT2D eigenvalue weighted by atomic mass is 10.1. The van der Waals surface area contributed by atoms with Crippen LogP contribution in [0.1, 0.15) is 18.4 Å². The Morgan fingerprint density at radius 1 is 1.07 bits per heavy atom. The number of hydrogen-bond acceptors (Lipinski definition) is 5. The van der Waals surface area contributed by atoms with Gasteiger partial charge in [-0.15, -0.1) is 10.2 Å². The zero-order chi connectivity index (χ0) is 20.2. The van der Waals surface area contributed by atoms with E-state index in [9.17, 15) is 14.0 Å². The van der Waals surface area contributed by atoms with Crippen molar-refractivity contribution >= 4 is 28.3 Å². The Kier molecular flexibility index (Phi) is 5.62. The van der Waals surface area contributed by atoms with Crippen LogP contribution >= 0.6 is 11.3 Å². The Labute approximate surface area is 171 Å². The largest absolute Gasteiger partial charge is 0.344 e. The Hall–Kier alpha value is -3.13. The summed E-state index contributed by atoms with van der Waals surface area (Å²) in [6.45, 7) is 0. The third kappa shape index (κ3) is 5.03. The molecule has 1 fully saturated rings. The Morgan fingerprint density at radius 3 is 2.48 bits per heavy atom. The number of hydrogen-bond donors (Lipinski definition) is 2. The maximum Gasteiger partial charge on any atom is 0.249 e. The first-order chi connectivity index (χ1) is 14.1. The minimum Gasteiger partial charge on any atom is -0.344 e. The monoisotopic (exact) mass is 410 g/mol. The van der Waals surface area contributed by atoms with Crippen LogP contribution in [0.25, 0.3) is 10.6 Å². The number of carbonyl (C=O) groups excluding carboxylic acids is 2. The van der Waals surface area contributed by atoms with Gasteiger partial charge in [-0.3, -0.25) is 14.9 Å². The van der Waals surface area contributed by atoms with Crippen molar-refractivity contribution in [1.82, 2.24) is 15.5 Å². The summed E-state index contributed by atoms with van der Waals surface area (Å²) in [5.74, 6) is -0.760. The van der Waals surface area contributed by atoms with Crippen LogP contribution in [-0.4, -0.2) is 28.1 Å². The SMILES string of the molecule is O=C(NC(Cc1ccccc1)C(=O)Nc1nnc(-c2ccc(F)cc2)s1)C1CC1. The predicted octanol–water partition coefficient (Wildman–Crippen LogP) is 3.42. The van der Waals surface area contributed by atoms with Crippen molar-refractivity contribution in [2.75, 3.05) is 5.32 Å². The van der Waals surface area contributed by atoms with Crippen molar-refractivity contribution in [2.45, 2.75) is 25.3 Å². The third-order valence-electron chi connectivity index (χ3n) is 4.61. The smallest absolute Gasteiger partial charge is 0.249 e. The number of rotatable bonds is 7. The van der Waals surface area contributed by atoms with Crippen molar-refractivity contribution in [2.24, 2.45) is 5.92 Å². The molecule has 3 aromatic rings. The highest BCUT2D eigenvalue weighted by Crippen LogP contribution is 2.29. The number of carbonyl (C=O) groups is 2. The third-order valence-corrected chi connectivity index (χ3v) is 5.50. The van der Waals surface area contributed by atoms with E-state index in [2.05, 4.69) is 20.8 Å². The van der Waals surface area contributed by atoms with E-state index in [0.717, 1.165) is 18.4 Å². The molecule has 0 radical (unpaired) electrons. The molecule has 0 spiro atoms. The molecule has 0 aliphatic heterocycles. The molecule has 1 atom stereocenters. The molecule has 1 heterocycles. The van der Waals surface area contributed by atoms with Gasteiger partial charge in [0, 0.05) is 17.9 Å². The summed E-state index contributed by atoms with van der Waals surface area (Å²) < 4.78 is 13.1. The van der Waals surface area contributed by atoms with Gasteiger partial charge in [-0.1, -0.05) is 41.7 Å². The first-order valence-corrected chi connectivity index (χ1v) is 10.1. The van der Waals surface area contributed by atoms with Gasteiger partial charge in [-0.25, -0.2) is 4.39 Å². The second-order valence-electron chi connectivity index (χ2n) is 6.93. The van der Waals surface area contributed by atoms with Crippen molar-refractivity contribution < 1.29 is 14.0 Å². The summed E-state index contributed by atoms with van der Waals surface area (Å²) in [5, 5.41) is 14.6. The highest BCUT2D eigenvalue weighted by Gasteiger charge is 2.33. The van der Waals surface area contributed by atoms with Crippen molar-refractivity contribution in [3.05, 3.63) is 66.0 Å². The fraction of sp³-hybridized carbons (Fsp3) is 0.238. The standard InChI is InChI=1S/C21H19FN4O2S/c22-16-10-8-15(9-11-16)20-25-26-21(29-20)24-19(28)17(23-18(27)14-6-7-14)12-13-4-2-1-3-5-13/h1-5,8-11,14,17H,6-7,12H2,(H,23,27)(H,24,26,28). The normalized spacial score (nSPS) is 14.2. The van der Waals surface area contributed by atoms with Crippen LogP contribution in [0.4, 0.5) is 9.52 Å². The van der Waals surface area contributed by atoms with Crippen LogP contribution in [0.5, 0.6) is 0 Å². The fourth-order valence-corrected chi connectivity index (χ4v) is 3.62. The minimum absolute atomic E-state index is 0.00711. The molecule has 4 rings (SSSR count). The first-order valence-electron chi connectivity index (χ1n) is 9.33. The van der Waals surface area contributed by atoms with E-state index >= 15 is 0 Å². The lowest BCUT2D eigenvalue weighted by Gasteiger charge is -2.17. The zero-order valence-electron chi connectivity index (χ0n) is 15.5. The summed E-state index contributed by atoms with van der Waals surface area (Å²) in [6.07, 6.45) is 2.11. The van der Waals surface area contributed by atoms with Crippen LogP contribution in [0.2, 0.25) is 0 Å². The molecule has 6 nitrogen and oxygen atoms in total. The summed E-state index contributed by atoms with van der Waals surface area (Å²) in [6, 6.07) is 14.7. The van der Waals surface area contributed by atoms with E-state index in [4.69, 9.17) is 0 Å². The number of nitrogens with one attached hydrogen (secondary N) is 2. The molecule has 1 aliphatic rings. The Bertz CT molecular complexity index is 1000. The molecule has 1 unspecified atom stereocenters. The molecule has 2 N–H and O–H groups in total. The van der Waals surface area contributed by atoms with Crippen molar-refractivity contribution in [1.29, 1.82) is 0 Å². The number of aromatic nitrogens is 2. The molecule has 29 heavy (non-hydrogen) atoms. The molecule has 2 aromatic carbocycles. The highest BCUT2D eigenvalue weighted by molar-refractivity contribution is 7.18. The maximum atomic E-state index is 13.1. The van der Waals surface area contributed by atoms with E-state index in [0.29, 0.717) is 22.1 Å². The molecule has 1 saturated carbocycles. The quantitative estimate of drug-likeness (QED) is 0.625. The van der Waals surface area contributed by atoms with E-state index in [1.54, 1.807) is 12.1 Å². The van der Waals surface area contributed by atoms with E-state index in [-0.39, 0.29) is 23.5 Å². The second-order valence-corrected chi connectivity index (χ2v) is 7.91. The van der Waals surface area contributed by atoms with Crippen LogP contribution < -0.4 is 10.6 Å². The molecule has 0 saturated heterocycles. The van der Waals surface area contributed by atoms with Crippen LogP contribution in [0, 0.1) is 11.7 Å². The van der Waals surface area contributed by atoms with Gasteiger partial charge < -0.3 is 5.32 Å². The first kappa shape index (κ1) is 19.2. The molecule has 148 valence electrons. The molecule has 1 aliphatic carbocycles. The summed E-state index contributed by atoms with van der Waals surface area (Å²) in [4.78, 5) is 25.1. The fourth-order valence-electron chi connectivity index (χ4n) is 2.87. The number of amides is 2. The lowest BCUT2D eigenvalue weighted by Crippen LogP contribution is -2.45. The van der Waals surface area contributed by atoms with Gasteiger partial charge in [-0.05, 0) is 42.7 Å². The average Bonchev–Trinajstić information content (AvgIpc) is 3.48. The molecule has 2 amide bonds. The summed E-state index contributed by atoms with van der Waals surface area (Å²) in [5.41, 5.74) is 1.67. The predicted molar refractivity (Wildman–Crippen MR) is 109 cm³/mol. The van der Waals surface area contributed by atoms with Crippen LogP contribution in [0.15, 0.2) is 54.6 Å². The van der Waals surface area contributed by atoms with Gasteiger partial charge >= 0.3 is 0 Å². The minimum atomic E-state index is -0.705. The topological polar surface area (TPSA) is 84.0 Å². The van der Waals surface area contributed by atoms with Gasteiger partial charge in [0.25, 0.3) is 0 Å². The van der Waals surface area contributed by atoms with E-state index < -0.39 is 6.04 Å². The van der Waals surface area contributed by atoms with Gasteiger partial charge in [0.05, 0.1) is 0 Å². The molecule has 1 aromatic heterocycles. The number of nitrogens with zero attached hydrogens (tertiary/aromatic N) is 2. The second kappa shape index (κ2) is 8.48. The van der Waals surface area contributed by atoms with Crippen molar-refractivity contribution in [3.8, 4) is 10.6 Å². The van der Waals surface area contributed by atoms with E-state index in [1.807, 2.05) is 30.3 Å². The molecule has 0 bridgehead atoms. The molecular formula is C21H19FN4O2S. The van der Waals surface area contributed by atoms with Crippen LogP contribution in [0.3, 0.4) is 0 Å². The van der Waals surface area contributed by atoms with Gasteiger partial charge in [0.2, 0.25) is 16.9 Å². The average molecular weight is 410 g/mol. The number of halogens is 1. The summed E-state index contributed by atoms with van der Waals surface area (Å²) in [7, 11) is 0. The Balaban J connectivity index is 1.46. The highest BCUT2D eigenvalue weighted by atomic mass is 32.1. The molecule has 8 heteroatoms. The number of benzene rings is 2. The van der Waals surface area contributed by atoms with Gasteiger partial charge in [-0.2, -0.15) is 0 Å². The maximum absolute atomic E-state index is 13.1. The van der Waals surface area contributed by atoms with Gasteiger partial charge in [0.1, 0.15) is 16.9 Å². The molecular weight excluding hydrogens is 391 g/mol. The zero-order valence-corrected chi connectivity index (χ0v) is 16.3. The Morgan fingerprint density at radius 2 is 1.79 bits per heavy atom. The van der Waals surface area contributed by atoms with Gasteiger partial charge in [0.15, 0.2) is 0 Å².